The number of amides is 1. The zero-order valence-electron chi connectivity index (χ0n) is 14.9. The Labute approximate surface area is 151 Å². The summed E-state index contributed by atoms with van der Waals surface area (Å²) in [5.74, 6) is 0.578. The van der Waals surface area contributed by atoms with Crippen molar-refractivity contribution in [2.45, 2.75) is 38.6 Å². The molecule has 0 bridgehead atoms. The summed E-state index contributed by atoms with van der Waals surface area (Å²) in [6, 6.07) is 0.220. The van der Waals surface area contributed by atoms with Gasteiger partial charge in [0.1, 0.15) is 6.33 Å². The molecule has 10 nitrogen and oxygen atoms in total. The van der Waals surface area contributed by atoms with Gasteiger partial charge in [0.05, 0.1) is 11.5 Å². The van der Waals surface area contributed by atoms with Crippen molar-refractivity contribution in [3.8, 4) is 0 Å². The lowest BCUT2D eigenvalue weighted by molar-refractivity contribution is -0.383. The third-order valence-electron chi connectivity index (χ3n) is 4.79. The fraction of sp³-hybridized carbons (Fsp3) is 0.688. The highest BCUT2D eigenvalue weighted by atomic mass is 16.6. The molecule has 1 aliphatic heterocycles. The number of hydrogen-bond donors (Lipinski definition) is 1. The van der Waals surface area contributed by atoms with Crippen molar-refractivity contribution < 1.29 is 14.5 Å². The summed E-state index contributed by atoms with van der Waals surface area (Å²) < 4.78 is 5.00. The number of rotatable bonds is 5. The van der Waals surface area contributed by atoms with Crippen LogP contribution in [0, 0.1) is 10.1 Å². The molecule has 0 unspecified atom stereocenters. The van der Waals surface area contributed by atoms with Crippen LogP contribution in [-0.4, -0.2) is 64.7 Å². The average Bonchev–Trinajstić information content (AvgIpc) is 3.15. The second-order valence-electron chi connectivity index (χ2n) is 6.45. The fourth-order valence-electron chi connectivity index (χ4n) is 3.45. The molecule has 2 heterocycles. The zero-order valence-corrected chi connectivity index (χ0v) is 14.9. The molecule has 1 saturated heterocycles. The molecule has 26 heavy (non-hydrogen) atoms. The molecule has 142 valence electrons. The van der Waals surface area contributed by atoms with E-state index in [0.29, 0.717) is 38.6 Å². The number of carbonyl (C=O) groups excluding carboxylic acids is 1. The SMILES string of the molecule is CCOC(=O)N1CCN(c2ncnc(NC3CCCC3)c2[N+](=O)[O-])CC1. The van der Waals surface area contributed by atoms with Crippen LogP contribution in [0.15, 0.2) is 6.33 Å². The van der Waals surface area contributed by atoms with Gasteiger partial charge in [-0.1, -0.05) is 12.8 Å². The van der Waals surface area contributed by atoms with E-state index in [9.17, 15) is 14.9 Å². The van der Waals surface area contributed by atoms with Crippen molar-refractivity contribution in [1.29, 1.82) is 0 Å². The van der Waals surface area contributed by atoms with Crippen LogP contribution in [0.3, 0.4) is 0 Å². The Morgan fingerprint density at radius 1 is 1.31 bits per heavy atom. The van der Waals surface area contributed by atoms with E-state index in [2.05, 4.69) is 15.3 Å². The maximum Gasteiger partial charge on any atom is 0.409 e. The molecule has 1 aromatic heterocycles. The number of hydrogen-bond acceptors (Lipinski definition) is 8. The lowest BCUT2D eigenvalue weighted by Gasteiger charge is -2.34. The van der Waals surface area contributed by atoms with Gasteiger partial charge in [0.25, 0.3) is 0 Å². The average molecular weight is 364 g/mol. The first-order valence-corrected chi connectivity index (χ1v) is 9.02. The first-order chi connectivity index (χ1) is 12.6. The Morgan fingerprint density at radius 3 is 2.62 bits per heavy atom. The second-order valence-corrected chi connectivity index (χ2v) is 6.45. The van der Waals surface area contributed by atoms with Crippen LogP contribution < -0.4 is 10.2 Å². The summed E-state index contributed by atoms with van der Waals surface area (Å²) in [6.45, 7) is 3.87. The van der Waals surface area contributed by atoms with Gasteiger partial charge < -0.3 is 19.9 Å². The number of nitrogens with one attached hydrogen (secondary N) is 1. The maximum absolute atomic E-state index is 11.8. The van der Waals surface area contributed by atoms with Crippen LogP contribution in [0.1, 0.15) is 32.6 Å². The number of anilines is 2. The van der Waals surface area contributed by atoms with E-state index in [1.165, 1.54) is 6.33 Å². The summed E-state index contributed by atoms with van der Waals surface area (Å²) in [7, 11) is 0. The predicted molar refractivity (Wildman–Crippen MR) is 95.4 cm³/mol. The Balaban J connectivity index is 1.75. The van der Waals surface area contributed by atoms with Crippen molar-refractivity contribution in [2.24, 2.45) is 0 Å². The van der Waals surface area contributed by atoms with E-state index < -0.39 is 4.92 Å². The molecule has 0 aromatic carbocycles. The predicted octanol–water partition coefficient (Wildman–Crippen LogP) is 2.02. The monoisotopic (exact) mass is 364 g/mol. The van der Waals surface area contributed by atoms with Gasteiger partial charge in [-0.2, -0.15) is 0 Å². The van der Waals surface area contributed by atoms with Crippen molar-refractivity contribution >= 4 is 23.4 Å². The molecule has 2 fully saturated rings. The maximum atomic E-state index is 11.8. The number of nitrogens with zero attached hydrogens (tertiary/aromatic N) is 5. The standard InChI is InChI=1S/C16H24N6O4/c1-2-26-16(23)21-9-7-20(8-10-21)15-13(22(24)25)14(17-11-18-15)19-12-5-3-4-6-12/h11-12H,2-10H2,1H3,(H,17,18,19). The summed E-state index contributed by atoms with van der Waals surface area (Å²) in [4.78, 5) is 34.8. The summed E-state index contributed by atoms with van der Waals surface area (Å²) in [5.41, 5.74) is -0.0935. The van der Waals surface area contributed by atoms with Crippen molar-refractivity contribution in [2.75, 3.05) is 43.0 Å². The first kappa shape index (κ1) is 18.2. The second kappa shape index (κ2) is 8.15. The molecule has 0 radical (unpaired) electrons. The van der Waals surface area contributed by atoms with Crippen LogP contribution in [0.5, 0.6) is 0 Å². The lowest BCUT2D eigenvalue weighted by Crippen LogP contribution is -2.49. The van der Waals surface area contributed by atoms with E-state index in [4.69, 9.17) is 4.74 Å². The van der Waals surface area contributed by atoms with Crippen molar-refractivity contribution in [3.63, 3.8) is 0 Å². The number of nitro groups is 1. The Morgan fingerprint density at radius 2 is 2.00 bits per heavy atom. The molecule has 0 spiro atoms. The number of ether oxygens (including phenoxy) is 1. The normalized spacial score (nSPS) is 18.0. The van der Waals surface area contributed by atoms with Crippen LogP contribution >= 0.6 is 0 Å². The molecule has 3 rings (SSSR count). The summed E-state index contributed by atoms with van der Waals surface area (Å²) in [6.07, 6.45) is 5.24. The number of piperazine rings is 1. The molecule has 1 amide bonds. The van der Waals surface area contributed by atoms with E-state index in [1.807, 2.05) is 4.90 Å². The molecule has 1 N–H and O–H groups in total. The molecule has 1 aliphatic carbocycles. The summed E-state index contributed by atoms with van der Waals surface area (Å²) >= 11 is 0. The largest absolute Gasteiger partial charge is 0.450 e. The van der Waals surface area contributed by atoms with Crippen molar-refractivity contribution in [1.82, 2.24) is 14.9 Å². The van der Waals surface area contributed by atoms with Crippen molar-refractivity contribution in [3.05, 3.63) is 16.4 Å². The summed E-state index contributed by atoms with van der Waals surface area (Å²) in [5, 5.41) is 14.9. The topological polar surface area (TPSA) is 114 Å². The Hall–Kier alpha value is -2.65. The molecule has 1 aromatic rings. The van der Waals surface area contributed by atoms with E-state index in [0.717, 1.165) is 25.7 Å². The highest BCUT2D eigenvalue weighted by Gasteiger charge is 2.31. The molecule has 2 aliphatic rings. The van der Waals surface area contributed by atoms with Crippen LogP contribution in [0.4, 0.5) is 22.1 Å². The zero-order chi connectivity index (χ0) is 18.5. The highest BCUT2D eigenvalue weighted by molar-refractivity contribution is 5.72. The minimum absolute atomic E-state index is 0.0935. The quantitative estimate of drug-likeness (QED) is 0.623. The smallest absolute Gasteiger partial charge is 0.409 e. The van der Waals surface area contributed by atoms with Crippen LogP contribution in [0.25, 0.3) is 0 Å². The lowest BCUT2D eigenvalue weighted by atomic mass is 10.2. The van der Waals surface area contributed by atoms with E-state index >= 15 is 0 Å². The van der Waals surface area contributed by atoms with Gasteiger partial charge in [0.2, 0.25) is 11.6 Å². The van der Waals surface area contributed by atoms with E-state index in [-0.39, 0.29) is 23.6 Å². The van der Waals surface area contributed by atoms with Gasteiger partial charge in [-0.05, 0) is 19.8 Å². The minimum Gasteiger partial charge on any atom is -0.450 e. The highest BCUT2D eigenvalue weighted by Crippen LogP contribution is 2.34. The third-order valence-corrected chi connectivity index (χ3v) is 4.79. The van der Waals surface area contributed by atoms with Gasteiger partial charge in [0, 0.05) is 32.2 Å². The Bertz CT molecular complexity index is 656. The minimum atomic E-state index is -0.426. The molecule has 1 saturated carbocycles. The van der Waals surface area contributed by atoms with Gasteiger partial charge in [-0.15, -0.1) is 0 Å². The molecular formula is C16H24N6O4. The fourth-order valence-corrected chi connectivity index (χ4v) is 3.45. The van der Waals surface area contributed by atoms with Crippen LogP contribution in [0.2, 0.25) is 0 Å². The van der Waals surface area contributed by atoms with Gasteiger partial charge in [0.15, 0.2) is 0 Å². The first-order valence-electron chi connectivity index (χ1n) is 9.02. The van der Waals surface area contributed by atoms with Gasteiger partial charge in [-0.25, -0.2) is 14.8 Å². The third kappa shape index (κ3) is 3.94. The van der Waals surface area contributed by atoms with Gasteiger partial charge >= 0.3 is 11.8 Å². The molecule has 0 atom stereocenters. The van der Waals surface area contributed by atoms with E-state index in [1.54, 1.807) is 11.8 Å². The number of aromatic nitrogens is 2. The number of carbonyl (C=O) groups is 1. The van der Waals surface area contributed by atoms with Crippen LogP contribution in [-0.2, 0) is 4.74 Å². The molecule has 10 heteroatoms. The molecular weight excluding hydrogens is 340 g/mol. The Kier molecular flexibility index (Phi) is 5.69. The van der Waals surface area contributed by atoms with Gasteiger partial charge in [-0.3, -0.25) is 10.1 Å².